The van der Waals surface area contributed by atoms with Crippen LogP contribution in [0.1, 0.15) is 64.6 Å². The molecule has 2 aromatic rings. The van der Waals surface area contributed by atoms with Crippen molar-refractivity contribution < 1.29 is 24.2 Å². The number of ketones is 1. The number of aliphatic hydroxyl groups is 1. The van der Waals surface area contributed by atoms with Crippen molar-refractivity contribution in [2.24, 2.45) is 0 Å². The van der Waals surface area contributed by atoms with Crippen molar-refractivity contribution in [1.82, 2.24) is 9.80 Å². The van der Waals surface area contributed by atoms with Gasteiger partial charge in [0.25, 0.3) is 11.7 Å². The number of nitrogens with zero attached hydrogens (tertiary/aromatic N) is 2. The maximum atomic E-state index is 13.3. The van der Waals surface area contributed by atoms with Crippen molar-refractivity contribution in [3.05, 3.63) is 65.2 Å². The van der Waals surface area contributed by atoms with Gasteiger partial charge in [-0.3, -0.25) is 9.59 Å². The number of aliphatic hydroxyl groups excluding tert-OH is 1. The van der Waals surface area contributed by atoms with E-state index in [9.17, 15) is 14.7 Å². The van der Waals surface area contributed by atoms with Crippen LogP contribution in [0, 0.1) is 0 Å². The Bertz CT molecular complexity index is 1070. The Morgan fingerprint density at radius 1 is 0.973 bits per heavy atom. The van der Waals surface area contributed by atoms with Gasteiger partial charge in [0.2, 0.25) is 0 Å². The van der Waals surface area contributed by atoms with Crippen LogP contribution in [-0.4, -0.2) is 65.5 Å². The maximum absolute atomic E-state index is 13.3. The fourth-order valence-electron chi connectivity index (χ4n) is 4.55. The number of ether oxygens (including phenoxy) is 2. The molecular formula is C30H40N2O5. The van der Waals surface area contributed by atoms with Gasteiger partial charge in [-0.2, -0.15) is 0 Å². The summed E-state index contributed by atoms with van der Waals surface area (Å²) >= 11 is 0. The van der Waals surface area contributed by atoms with E-state index < -0.39 is 17.7 Å². The molecule has 3 rings (SSSR count). The van der Waals surface area contributed by atoms with E-state index in [1.54, 1.807) is 29.2 Å². The molecule has 0 radical (unpaired) electrons. The van der Waals surface area contributed by atoms with Crippen LogP contribution < -0.4 is 9.47 Å². The molecule has 0 saturated carbocycles. The molecule has 0 spiro atoms. The lowest BCUT2D eigenvalue weighted by Gasteiger charge is -2.27. The molecule has 0 unspecified atom stereocenters. The van der Waals surface area contributed by atoms with E-state index in [-0.39, 0.29) is 17.4 Å². The van der Waals surface area contributed by atoms with E-state index in [1.165, 1.54) is 0 Å². The van der Waals surface area contributed by atoms with Crippen LogP contribution in [-0.2, 0) is 9.59 Å². The van der Waals surface area contributed by atoms with Crippen molar-refractivity contribution in [2.45, 2.75) is 59.6 Å². The van der Waals surface area contributed by atoms with Crippen molar-refractivity contribution in [3.63, 3.8) is 0 Å². The number of hydrogen-bond acceptors (Lipinski definition) is 6. The molecule has 1 aliphatic heterocycles. The second kappa shape index (κ2) is 13.3. The molecule has 1 fully saturated rings. The second-order valence-corrected chi connectivity index (χ2v) is 9.48. The molecule has 1 aliphatic rings. The summed E-state index contributed by atoms with van der Waals surface area (Å²) in [5, 5.41) is 11.3. The van der Waals surface area contributed by atoms with Crippen LogP contribution in [0.3, 0.4) is 0 Å². The quantitative estimate of drug-likeness (QED) is 0.221. The van der Waals surface area contributed by atoms with E-state index in [4.69, 9.17) is 9.47 Å². The molecule has 37 heavy (non-hydrogen) atoms. The van der Waals surface area contributed by atoms with Crippen molar-refractivity contribution in [2.75, 3.05) is 32.8 Å². The van der Waals surface area contributed by atoms with Gasteiger partial charge in [-0.05, 0) is 88.3 Å². The summed E-state index contributed by atoms with van der Waals surface area (Å²) in [7, 11) is 0. The Hall–Kier alpha value is -3.32. The molecule has 1 atom stereocenters. The number of benzene rings is 2. The van der Waals surface area contributed by atoms with Crippen LogP contribution in [0.25, 0.3) is 5.76 Å². The molecule has 1 saturated heterocycles. The molecule has 2 aromatic carbocycles. The first kappa shape index (κ1) is 28.3. The lowest BCUT2D eigenvalue weighted by Crippen LogP contribution is -2.33. The highest BCUT2D eigenvalue weighted by Crippen LogP contribution is 2.40. The van der Waals surface area contributed by atoms with Gasteiger partial charge >= 0.3 is 0 Å². The molecule has 1 N–H and O–H groups in total. The second-order valence-electron chi connectivity index (χ2n) is 9.48. The highest BCUT2D eigenvalue weighted by atomic mass is 16.5. The Morgan fingerprint density at radius 3 is 2.16 bits per heavy atom. The standard InChI is InChI=1S/C30H40N2O5/c1-6-20-36-24-14-10-22(11-15-24)27-26(28(33)23-12-16-25(17-13-23)37-21(4)5)29(34)30(35)32(27)19-9-18-31(7-2)8-3/h10-17,21,27,33H,6-9,18-20H2,1-5H3/b28-26+/t27-/m1/s1. The fourth-order valence-corrected chi connectivity index (χ4v) is 4.55. The Kier molecular flexibility index (Phi) is 10.1. The first-order valence-corrected chi connectivity index (χ1v) is 13.3. The predicted octanol–water partition coefficient (Wildman–Crippen LogP) is 5.42. The summed E-state index contributed by atoms with van der Waals surface area (Å²) in [6.07, 6.45) is 1.64. The van der Waals surface area contributed by atoms with Gasteiger partial charge in [0, 0.05) is 12.1 Å². The third kappa shape index (κ3) is 6.92. The number of Topliss-reactive ketones (excluding diaryl/α,β-unsaturated/α-hetero) is 1. The van der Waals surface area contributed by atoms with Gasteiger partial charge in [-0.1, -0.05) is 32.9 Å². The number of carbonyl (C=O) groups is 2. The predicted molar refractivity (Wildman–Crippen MR) is 146 cm³/mol. The van der Waals surface area contributed by atoms with Crippen molar-refractivity contribution in [1.29, 1.82) is 0 Å². The topological polar surface area (TPSA) is 79.3 Å². The minimum atomic E-state index is -0.677. The first-order valence-electron chi connectivity index (χ1n) is 13.3. The monoisotopic (exact) mass is 508 g/mol. The highest BCUT2D eigenvalue weighted by Gasteiger charge is 2.45. The summed E-state index contributed by atoms with van der Waals surface area (Å²) in [4.78, 5) is 30.4. The van der Waals surface area contributed by atoms with Gasteiger partial charge in [0.05, 0.1) is 24.3 Å². The molecule has 0 aromatic heterocycles. The highest BCUT2D eigenvalue weighted by molar-refractivity contribution is 6.46. The number of rotatable bonds is 13. The number of amides is 1. The normalized spacial score (nSPS) is 17.2. The molecule has 0 bridgehead atoms. The zero-order valence-corrected chi connectivity index (χ0v) is 22.7. The van der Waals surface area contributed by atoms with Crippen LogP contribution in [0.5, 0.6) is 11.5 Å². The smallest absolute Gasteiger partial charge is 0.295 e. The SMILES string of the molecule is CCCOc1ccc([C@@H]2/C(=C(\O)c3ccc(OC(C)C)cc3)C(=O)C(=O)N2CCCN(CC)CC)cc1. The van der Waals surface area contributed by atoms with Crippen LogP contribution in [0.4, 0.5) is 0 Å². The first-order chi connectivity index (χ1) is 17.8. The van der Waals surface area contributed by atoms with E-state index >= 15 is 0 Å². The third-order valence-corrected chi connectivity index (χ3v) is 6.48. The fraction of sp³-hybridized carbons (Fsp3) is 0.467. The summed E-state index contributed by atoms with van der Waals surface area (Å²) in [5.41, 5.74) is 1.32. The summed E-state index contributed by atoms with van der Waals surface area (Å²) in [5.74, 6) is -0.0410. The van der Waals surface area contributed by atoms with Crippen molar-refractivity contribution >= 4 is 17.4 Å². The van der Waals surface area contributed by atoms with Crippen LogP contribution in [0.15, 0.2) is 54.1 Å². The van der Waals surface area contributed by atoms with Crippen LogP contribution in [0.2, 0.25) is 0 Å². The number of carbonyl (C=O) groups excluding carboxylic acids is 2. The Morgan fingerprint density at radius 2 is 1.59 bits per heavy atom. The van der Waals surface area contributed by atoms with E-state index in [0.717, 1.165) is 43.8 Å². The van der Waals surface area contributed by atoms with E-state index in [1.807, 2.05) is 45.0 Å². The van der Waals surface area contributed by atoms with Gasteiger partial charge in [0.1, 0.15) is 17.3 Å². The Labute approximate surface area is 220 Å². The molecule has 7 heteroatoms. The Balaban J connectivity index is 1.98. The molecule has 1 amide bonds. The van der Waals surface area contributed by atoms with Gasteiger partial charge in [0.15, 0.2) is 0 Å². The van der Waals surface area contributed by atoms with Crippen LogP contribution >= 0.6 is 0 Å². The number of likely N-dealkylation sites (tertiary alicyclic amines) is 1. The summed E-state index contributed by atoms with van der Waals surface area (Å²) in [6.45, 7) is 13.8. The zero-order valence-electron chi connectivity index (χ0n) is 22.7. The number of hydrogen-bond donors (Lipinski definition) is 1. The lowest BCUT2D eigenvalue weighted by molar-refractivity contribution is -0.140. The largest absolute Gasteiger partial charge is 0.507 e. The molecule has 1 heterocycles. The minimum absolute atomic E-state index is 0.0189. The van der Waals surface area contributed by atoms with Gasteiger partial charge < -0.3 is 24.4 Å². The molecule has 200 valence electrons. The molecular weight excluding hydrogens is 468 g/mol. The molecule has 7 nitrogen and oxygen atoms in total. The molecule has 0 aliphatic carbocycles. The zero-order chi connectivity index (χ0) is 26.9. The van der Waals surface area contributed by atoms with Gasteiger partial charge in [-0.15, -0.1) is 0 Å². The lowest BCUT2D eigenvalue weighted by atomic mass is 9.95. The van der Waals surface area contributed by atoms with E-state index in [2.05, 4.69) is 18.7 Å². The average Bonchev–Trinajstić information content (AvgIpc) is 3.15. The third-order valence-electron chi connectivity index (χ3n) is 6.48. The summed E-state index contributed by atoms with van der Waals surface area (Å²) in [6, 6.07) is 13.7. The maximum Gasteiger partial charge on any atom is 0.295 e. The minimum Gasteiger partial charge on any atom is -0.507 e. The van der Waals surface area contributed by atoms with Gasteiger partial charge in [-0.25, -0.2) is 0 Å². The average molecular weight is 509 g/mol. The summed E-state index contributed by atoms with van der Waals surface area (Å²) < 4.78 is 11.4. The van der Waals surface area contributed by atoms with E-state index in [0.29, 0.717) is 24.5 Å². The van der Waals surface area contributed by atoms with Crippen molar-refractivity contribution in [3.8, 4) is 11.5 Å².